The van der Waals surface area contributed by atoms with Crippen molar-refractivity contribution in [2.45, 2.75) is 18.2 Å². The molecule has 0 saturated carbocycles. The van der Waals surface area contributed by atoms with E-state index in [2.05, 4.69) is 0 Å². The fourth-order valence-corrected chi connectivity index (χ4v) is 3.53. The lowest BCUT2D eigenvalue weighted by Crippen LogP contribution is -2.32. The van der Waals surface area contributed by atoms with Crippen LogP contribution in [0.15, 0.2) is 59.5 Å². The van der Waals surface area contributed by atoms with Gasteiger partial charge >= 0.3 is 5.97 Å². The molecule has 0 fully saturated rings. The van der Waals surface area contributed by atoms with Crippen molar-refractivity contribution in [1.82, 2.24) is 4.31 Å². The molecule has 0 atom stereocenters. The molecule has 0 unspecified atom stereocenters. The number of allylic oxidation sites excluding steroid dienone is 1. The first-order chi connectivity index (χ1) is 13.7. The number of carbonyl (C=O) groups is 2. The van der Waals surface area contributed by atoms with Crippen molar-refractivity contribution in [2.75, 3.05) is 20.2 Å². The van der Waals surface area contributed by atoms with Crippen LogP contribution in [0.3, 0.4) is 0 Å². The molecule has 0 heterocycles. The van der Waals surface area contributed by atoms with Crippen LogP contribution in [0.1, 0.15) is 29.3 Å². The number of carboxylic acids is 1. The second-order valence-corrected chi connectivity index (χ2v) is 8.34. The van der Waals surface area contributed by atoms with Crippen molar-refractivity contribution in [3.63, 3.8) is 0 Å². The molecule has 7 nitrogen and oxygen atoms in total. The van der Waals surface area contributed by atoms with Crippen LogP contribution in [0, 0.1) is 0 Å². The Balaban J connectivity index is 2.06. The van der Waals surface area contributed by atoms with Crippen LogP contribution >= 0.6 is 0 Å². The summed E-state index contributed by atoms with van der Waals surface area (Å²) in [4.78, 5) is 23.0. The van der Waals surface area contributed by atoms with Crippen LogP contribution in [0.5, 0.6) is 5.75 Å². The second kappa shape index (κ2) is 9.99. The minimum atomic E-state index is -3.93. The van der Waals surface area contributed by atoms with Gasteiger partial charge in [0.15, 0.2) is 5.78 Å². The van der Waals surface area contributed by atoms with E-state index in [9.17, 15) is 18.0 Å². The molecule has 0 aliphatic carbocycles. The summed E-state index contributed by atoms with van der Waals surface area (Å²) in [6.07, 6.45) is 3.99. The molecule has 2 rings (SSSR count). The summed E-state index contributed by atoms with van der Waals surface area (Å²) < 4.78 is 30.9. The van der Waals surface area contributed by atoms with E-state index >= 15 is 0 Å². The Morgan fingerprint density at radius 1 is 1.07 bits per heavy atom. The number of benzene rings is 2. The number of carbonyl (C=O) groups excluding carboxylic acids is 1. The van der Waals surface area contributed by atoms with E-state index in [0.29, 0.717) is 12.2 Å². The van der Waals surface area contributed by atoms with Gasteiger partial charge in [-0.15, -0.1) is 0 Å². The molecule has 154 valence electrons. The van der Waals surface area contributed by atoms with Crippen molar-refractivity contribution in [2.24, 2.45) is 0 Å². The summed E-state index contributed by atoms with van der Waals surface area (Å²) in [5, 5.41) is 8.75. The Morgan fingerprint density at radius 3 is 2.24 bits per heavy atom. The minimum Gasteiger partial charge on any atom is -0.494 e. The van der Waals surface area contributed by atoms with E-state index in [0.717, 1.165) is 22.0 Å². The summed E-state index contributed by atoms with van der Waals surface area (Å²) in [7, 11) is -2.75. The zero-order chi connectivity index (χ0) is 21.4. The number of nitrogens with zero attached hydrogens (tertiary/aromatic N) is 1. The molecule has 0 radical (unpaired) electrons. The molecular weight excluding hydrogens is 394 g/mol. The third-order valence-corrected chi connectivity index (χ3v) is 5.80. The molecule has 2 aromatic carbocycles. The predicted octanol–water partition coefficient (Wildman–Crippen LogP) is 3.08. The van der Waals surface area contributed by atoms with Gasteiger partial charge in [0.1, 0.15) is 12.3 Å². The number of hydrogen-bond acceptors (Lipinski definition) is 5. The van der Waals surface area contributed by atoms with E-state index < -0.39 is 22.5 Å². The van der Waals surface area contributed by atoms with Gasteiger partial charge in [0.2, 0.25) is 10.0 Å². The third-order valence-electron chi connectivity index (χ3n) is 3.99. The number of carboxylic acid groups (broad SMARTS) is 1. The van der Waals surface area contributed by atoms with Crippen molar-refractivity contribution in [3.8, 4) is 5.75 Å². The molecule has 0 spiro atoms. The zero-order valence-electron chi connectivity index (χ0n) is 16.2. The molecule has 0 bridgehead atoms. The first kappa shape index (κ1) is 22.3. The molecule has 29 heavy (non-hydrogen) atoms. The monoisotopic (exact) mass is 417 g/mol. The molecule has 0 amide bonds. The standard InChI is InChI=1S/C21H23NO6S/c1-3-14-28-18-9-4-16(5-10-18)6-13-20(23)17-7-11-19(12-8-17)29(26,27)22(2)15-21(24)25/h4-13H,3,14-15H2,1-2H3,(H,24,25)/b13-6+. The van der Waals surface area contributed by atoms with Gasteiger partial charge in [-0.3, -0.25) is 9.59 Å². The van der Waals surface area contributed by atoms with Crippen LogP contribution in [-0.2, 0) is 14.8 Å². The lowest BCUT2D eigenvalue weighted by molar-refractivity contribution is -0.137. The number of ether oxygens (including phenoxy) is 1. The Labute approximate surface area is 170 Å². The first-order valence-corrected chi connectivity index (χ1v) is 10.4. The fraction of sp³-hybridized carbons (Fsp3) is 0.238. The molecule has 0 aliphatic rings. The van der Waals surface area contributed by atoms with Gasteiger partial charge in [0.05, 0.1) is 11.5 Å². The van der Waals surface area contributed by atoms with Gasteiger partial charge < -0.3 is 9.84 Å². The Bertz CT molecular complexity index is 979. The number of rotatable bonds is 10. The van der Waals surface area contributed by atoms with Crippen LogP contribution in [0.2, 0.25) is 0 Å². The fourth-order valence-electron chi connectivity index (χ4n) is 2.41. The maximum absolute atomic E-state index is 12.3. The maximum Gasteiger partial charge on any atom is 0.318 e. The van der Waals surface area contributed by atoms with E-state index in [1.165, 1.54) is 37.4 Å². The molecule has 1 N–H and O–H groups in total. The first-order valence-electron chi connectivity index (χ1n) is 8.97. The summed E-state index contributed by atoms with van der Waals surface area (Å²) in [6.45, 7) is 2.03. The zero-order valence-corrected chi connectivity index (χ0v) is 17.1. The number of likely N-dealkylation sites (N-methyl/N-ethyl adjacent to an activating group) is 1. The Morgan fingerprint density at radius 2 is 1.69 bits per heavy atom. The smallest absolute Gasteiger partial charge is 0.318 e. The summed E-state index contributed by atoms with van der Waals surface area (Å²) >= 11 is 0. The highest BCUT2D eigenvalue weighted by Gasteiger charge is 2.22. The SMILES string of the molecule is CCCOc1ccc(/C=C/C(=O)c2ccc(S(=O)(=O)N(C)CC(=O)O)cc2)cc1. The summed E-state index contributed by atoms with van der Waals surface area (Å²) in [5.74, 6) is -0.767. The molecule has 0 saturated heterocycles. The molecule has 8 heteroatoms. The van der Waals surface area contributed by atoms with Crippen molar-refractivity contribution in [1.29, 1.82) is 0 Å². The lowest BCUT2D eigenvalue weighted by Gasteiger charge is -2.14. The summed E-state index contributed by atoms with van der Waals surface area (Å²) in [6, 6.07) is 12.7. The van der Waals surface area contributed by atoms with Crippen molar-refractivity contribution >= 4 is 27.9 Å². The van der Waals surface area contributed by atoms with Gasteiger partial charge in [-0.05, 0) is 54.5 Å². The van der Waals surface area contributed by atoms with Gasteiger partial charge in [-0.1, -0.05) is 25.1 Å². The minimum absolute atomic E-state index is 0.0792. The summed E-state index contributed by atoms with van der Waals surface area (Å²) in [5.41, 5.74) is 1.15. The van der Waals surface area contributed by atoms with Gasteiger partial charge in [0.25, 0.3) is 0 Å². The van der Waals surface area contributed by atoms with Gasteiger partial charge in [-0.2, -0.15) is 4.31 Å². The predicted molar refractivity (Wildman–Crippen MR) is 109 cm³/mol. The van der Waals surface area contributed by atoms with Crippen LogP contribution < -0.4 is 4.74 Å². The highest BCUT2D eigenvalue weighted by atomic mass is 32.2. The highest BCUT2D eigenvalue weighted by Crippen LogP contribution is 2.17. The van der Waals surface area contributed by atoms with Crippen LogP contribution in [0.4, 0.5) is 0 Å². The highest BCUT2D eigenvalue weighted by molar-refractivity contribution is 7.89. The van der Waals surface area contributed by atoms with E-state index in [-0.39, 0.29) is 10.7 Å². The van der Waals surface area contributed by atoms with E-state index in [4.69, 9.17) is 9.84 Å². The van der Waals surface area contributed by atoms with E-state index in [1.807, 2.05) is 31.2 Å². The average molecular weight is 417 g/mol. The lowest BCUT2D eigenvalue weighted by atomic mass is 10.1. The number of hydrogen-bond donors (Lipinski definition) is 1. The van der Waals surface area contributed by atoms with Crippen molar-refractivity contribution < 1.29 is 27.9 Å². The Hall–Kier alpha value is -2.97. The number of ketones is 1. The molecular formula is C21H23NO6S. The van der Waals surface area contributed by atoms with Crippen molar-refractivity contribution in [3.05, 3.63) is 65.7 Å². The van der Waals surface area contributed by atoms with Crippen LogP contribution in [-0.4, -0.2) is 49.8 Å². The average Bonchev–Trinajstić information content (AvgIpc) is 2.70. The maximum atomic E-state index is 12.3. The molecule has 0 aliphatic heterocycles. The van der Waals surface area contributed by atoms with Gasteiger partial charge in [-0.25, -0.2) is 8.42 Å². The van der Waals surface area contributed by atoms with Gasteiger partial charge in [0, 0.05) is 12.6 Å². The number of aliphatic carboxylic acids is 1. The molecule has 2 aromatic rings. The van der Waals surface area contributed by atoms with E-state index in [1.54, 1.807) is 6.08 Å². The Kier molecular flexibility index (Phi) is 7.69. The van der Waals surface area contributed by atoms with Crippen LogP contribution in [0.25, 0.3) is 6.08 Å². The number of sulfonamides is 1. The largest absolute Gasteiger partial charge is 0.494 e. The topological polar surface area (TPSA) is 101 Å². The molecule has 0 aromatic heterocycles. The second-order valence-electron chi connectivity index (χ2n) is 6.29. The third kappa shape index (κ3) is 6.27. The quantitative estimate of drug-likeness (QED) is 0.471. The normalized spacial score (nSPS) is 11.7.